The molecule has 0 atom stereocenters. The molecule has 2 saturated heterocycles. The second-order valence-corrected chi connectivity index (χ2v) is 8.21. The van der Waals surface area contributed by atoms with Crippen LogP contribution in [0.3, 0.4) is 0 Å². The van der Waals surface area contributed by atoms with Crippen LogP contribution in [-0.2, 0) is 14.8 Å². The average Bonchev–Trinajstić information content (AvgIpc) is 2.35. The Morgan fingerprint density at radius 2 is 2.15 bits per heavy atom. The van der Waals surface area contributed by atoms with Crippen LogP contribution in [0.25, 0.3) is 0 Å². The number of aromatic nitrogens is 1. The zero-order chi connectivity index (χ0) is 14.4. The summed E-state index contributed by atoms with van der Waals surface area (Å²) in [4.78, 5) is 6.51. The Balaban J connectivity index is 1.72. The van der Waals surface area contributed by atoms with Crippen molar-refractivity contribution >= 4 is 31.8 Å². The van der Waals surface area contributed by atoms with Gasteiger partial charge in [0.2, 0.25) is 10.0 Å². The molecule has 0 bridgehead atoms. The molecule has 6 nitrogen and oxygen atoms in total. The highest BCUT2D eigenvalue weighted by Gasteiger charge is 2.50. The smallest absolute Gasteiger partial charge is 0.211 e. The molecule has 0 N–H and O–H groups in total. The largest absolute Gasteiger partial charge is 0.369 e. The van der Waals surface area contributed by atoms with Gasteiger partial charge in [-0.15, -0.1) is 0 Å². The van der Waals surface area contributed by atoms with Crippen LogP contribution in [0.1, 0.15) is 0 Å². The predicted octanol–water partition coefficient (Wildman–Crippen LogP) is 0.695. The van der Waals surface area contributed by atoms with Crippen molar-refractivity contribution in [3.8, 4) is 0 Å². The van der Waals surface area contributed by atoms with E-state index < -0.39 is 10.0 Å². The van der Waals surface area contributed by atoms with Crippen LogP contribution in [0.4, 0.5) is 5.82 Å². The highest BCUT2D eigenvalue weighted by molar-refractivity contribution is 9.10. The molecular formula is C12H16BrN3O3S. The summed E-state index contributed by atoms with van der Waals surface area (Å²) in [6.07, 6.45) is 2.99. The average molecular weight is 362 g/mol. The van der Waals surface area contributed by atoms with Crippen molar-refractivity contribution < 1.29 is 13.2 Å². The monoisotopic (exact) mass is 361 g/mol. The minimum absolute atomic E-state index is 0.384. The van der Waals surface area contributed by atoms with Gasteiger partial charge in [-0.2, -0.15) is 4.31 Å². The normalized spacial score (nSPS) is 22.8. The Morgan fingerprint density at radius 1 is 1.40 bits per heavy atom. The SMILES string of the molecule is CS(=O)(=O)N1CC2(CN(c3cc(Br)ccn3)CCO2)C1. The van der Waals surface area contributed by atoms with Gasteiger partial charge in [-0.1, -0.05) is 15.9 Å². The molecule has 8 heteroatoms. The number of morpholine rings is 1. The third kappa shape index (κ3) is 2.69. The molecule has 2 fully saturated rings. The molecule has 1 aromatic heterocycles. The number of halogens is 1. The van der Waals surface area contributed by atoms with Gasteiger partial charge < -0.3 is 9.64 Å². The summed E-state index contributed by atoms with van der Waals surface area (Å²) >= 11 is 3.44. The summed E-state index contributed by atoms with van der Waals surface area (Å²) in [7, 11) is -3.12. The highest BCUT2D eigenvalue weighted by Crippen LogP contribution is 2.32. The Morgan fingerprint density at radius 3 is 2.80 bits per heavy atom. The fraction of sp³-hybridized carbons (Fsp3) is 0.583. The molecule has 1 aromatic rings. The fourth-order valence-corrected chi connectivity index (χ4v) is 3.89. The second-order valence-electron chi connectivity index (χ2n) is 5.32. The van der Waals surface area contributed by atoms with Crippen LogP contribution in [0, 0.1) is 0 Å². The van der Waals surface area contributed by atoms with E-state index in [0.717, 1.165) is 16.8 Å². The van der Waals surface area contributed by atoms with Crippen molar-refractivity contribution in [1.29, 1.82) is 0 Å². The summed E-state index contributed by atoms with van der Waals surface area (Å²) in [6.45, 7) is 2.88. The molecule has 0 saturated carbocycles. The minimum atomic E-state index is -3.12. The standard InChI is InChI=1S/C12H16BrN3O3S/c1-20(17,18)16-8-12(9-16)7-15(4-5-19-12)11-6-10(13)2-3-14-11/h2-3,6H,4-5,7-9H2,1H3. The van der Waals surface area contributed by atoms with Gasteiger partial charge in [-0.25, -0.2) is 13.4 Å². The van der Waals surface area contributed by atoms with Crippen molar-refractivity contribution in [2.75, 3.05) is 43.9 Å². The number of sulfonamides is 1. The summed E-state index contributed by atoms with van der Waals surface area (Å²) in [5.74, 6) is 0.889. The number of ether oxygens (including phenoxy) is 1. The van der Waals surface area contributed by atoms with E-state index in [0.29, 0.717) is 26.2 Å². The lowest BCUT2D eigenvalue weighted by atomic mass is 9.94. The summed E-state index contributed by atoms with van der Waals surface area (Å²) in [5.41, 5.74) is -0.384. The molecule has 20 heavy (non-hydrogen) atoms. The van der Waals surface area contributed by atoms with E-state index in [9.17, 15) is 8.42 Å². The highest BCUT2D eigenvalue weighted by atomic mass is 79.9. The molecule has 110 valence electrons. The lowest BCUT2D eigenvalue weighted by molar-refractivity contribution is -0.122. The maximum absolute atomic E-state index is 11.5. The molecule has 2 aliphatic rings. The van der Waals surface area contributed by atoms with Gasteiger partial charge in [0.1, 0.15) is 11.4 Å². The quantitative estimate of drug-likeness (QED) is 0.775. The third-order valence-electron chi connectivity index (χ3n) is 3.68. The predicted molar refractivity (Wildman–Crippen MR) is 79.2 cm³/mol. The zero-order valence-corrected chi connectivity index (χ0v) is 13.5. The topological polar surface area (TPSA) is 62.7 Å². The number of pyridine rings is 1. The Bertz CT molecular complexity index is 616. The zero-order valence-electron chi connectivity index (χ0n) is 11.1. The first-order valence-electron chi connectivity index (χ1n) is 6.34. The molecular weight excluding hydrogens is 346 g/mol. The molecule has 0 amide bonds. The number of nitrogens with zero attached hydrogens (tertiary/aromatic N) is 3. The summed E-state index contributed by atoms with van der Waals surface area (Å²) < 4.78 is 31.2. The van der Waals surface area contributed by atoms with Crippen LogP contribution >= 0.6 is 15.9 Å². The number of hydrogen-bond donors (Lipinski definition) is 0. The number of rotatable bonds is 2. The Kier molecular flexibility index (Phi) is 3.52. The van der Waals surface area contributed by atoms with Crippen LogP contribution in [0.5, 0.6) is 0 Å². The minimum Gasteiger partial charge on any atom is -0.369 e. The lowest BCUT2D eigenvalue weighted by Gasteiger charge is -2.52. The van der Waals surface area contributed by atoms with Crippen LogP contribution in [0.2, 0.25) is 0 Å². The van der Waals surface area contributed by atoms with Crippen LogP contribution < -0.4 is 4.90 Å². The summed E-state index contributed by atoms with van der Waals surface area (Å²) in [5, 5.41) is 0. The molecule has 0 aromatic carbocycles. The van der Waals surface area contributed by atoms with Crippen molar-refractivity contribution in [3.05, 3.63) is 22.8 Å². The van der Waals surface area contributed by atoms with E-state index in [1.165, 1.54) is 10.6 Å². The molecule has 3 heterocycles. The van der Waals surface area contributed by atoms with Crippen molar-refractivity contribution in [1.82, 2.24) is 9.29 Å². The van der Waals surface area contributed by atoms with Gasteiger partial charge in [0.15, 0.2) is 0 Å². The number of hydrogen-bond acceptors (Lipinski definition) is 5. The molecule has 0 radical (unpaired) electrons. The van der Waals surface area contributed by atoms with Gasteiger partial charge in [-0.3, -0.25) is 0 Å². The van der Waals surface area contributed by atoms with E-state index >= 15 is 0 Å². The molecule has 3 rings (SSSR count). The van der Waals surface area contributed by atoms with E-state index in [1.54, 1.807) is 6.20 Å². The van der Waals surface area contributed by atoms with E-state index in [2.05, 4.69) is 25.8 Å². The van der Waals surface area contributed by atoms with Gasteiger partial charge >= 0.3 is 0 Å². The molecule has 1 spiro atoms. The van der Waals surface area contributed by atoms with E-state index in [-0.39, 0.29) is 5.60 Å². The lowest BCUT2D eigenvalue weighted by Crippen LogP contribution is -2.71. The Labute approximate surface area is 126 Å². The number of anilines is 1. The van der Waals surface area contributed by atoms with Gasteiger partial charge in [0, 0.05) is 30.3 Å². The van der Waals surface area contributed by atoms with Crippen LogP contribution in [-0.4, -0.2) is 62.3 Å². The van der Waals surface area contributed by atoms with Gasteiger partial charge in [0.25, 0.3) is 0 Å². The van der Waals surface area contributed by atoms with E-state index in [4.69, 9.17) is 4.74 Å². The summed E-state index contributed by atoms with van der Waals surface area (Å²) in [6, 6.07) is 3.85. The van der Waals surface area contributed by atoms with Crippen molar-refractivity contribution in [2.45, 2.75) is 5.60 Å². The molecule has 0 unspecified atom stereocenters. The van der Waals surface area contributed by atoms with Crippen molar-refractivity contribution in [3.63, 3.8) is 0 Å². The van der Waals surface area contributed by atoms with E-state index in [1.807, 2.05) is 12.1 Å². The molecule has 0 aliphatic carbocycles. The Hall–Kier alpha value is -0.700. The van der Waals surface area contributed by atoms with Gasteiger partial charge in [0.05, 0.1) is 19.4 Å². The fourth-order valence-electron chi connectivity index (χ4n) is 2.63. The third-order valence-corrected chi connectivity index (χ3v) is 5.37. The first-order chi connectivity index (χ1) is 9.38. The first-order valence-corrected chi connectivity index (χ1v) is 8.98. The maximum Gasteiger partial charge on any atom is 0.211 e. The van der Waals surface area contributed by atoms with Crippen LogP contribution in [0.15, 0.2) is 22.8 Å². The van der Waals surface area contributed by atoms with Gasteiger partial charge in [-0.05, 0) is 12.1 Å². The molecule has 2 aliphatic heterocycles. The van der Waals surface area contributed by atoms with Crippen molar-refractivity contribution in [2.24, 2.45) is 0 Å². The second kappa shape index (κ2) is 4.94. The maximum atomic E-state index is 11.5. The first kappa shape index (κ1) is 14.2.